The van der Waals surface area contributed by atoms with Crippen LogP contribution >= 0.6 is 23.5 Å². The summed E-state index contributed by atoms with van der Waals surface area (Å²) in [5, 5.41) is 43.4. The molecule has 11 nitrogen and oxygen atoms in total. The molecule has 1 amide bonds. The second-order valence-electron chi connectivity index (χ2n) is 7.66. The van der Waals surface area contributed by atoms with E-state index in [2.05, 4.69) is 27.8 Å². The Balaban J connectivity index is 1.59. The van der Waals surface area contributed by atoms with E-state index in [1.54, 1.807) is 4.90 Å². The molecule has 0 aliphatic carbocycles. The first-order valence-electron chi connectivity index (χ1n) is 9.98. The van der Waals surface area contributed by atoms with Gasteiger partial charge < -0.3 is 25.5 Å². The highest BCUT2D eigenvalue weighted by atomic mass is 32.2. The highest BCUT2D eigenvalue weighted by Gasteiger charge is 2.56. The van der Waals surface area contributed by atoms with Gasteiger partial charge in [-0.05, 0) is 23.4 Å². The lowest BCUT2D eigenvalue weighted by atomic mass is 9.89. The largest absolute Gasteiger partial charge is 0.481 e. The topological polar surface area (TPSA) is 154 Å². The second-order valence-corrected chi connectivity index (χ2v) is 9.71. The molecule has 3 heterocycles. The standard InChI is InChI=1S/C17H28N6O5S2/c1-2-3-4-5-18-12-13(26)22-8-17(15(27)28,9-29-14(12)22)10-30-16-19-20-21-23(16)6-11(25)7-24/h11-12,14,18,24-25H,2-10H2,1H3,(H,27,28)/t11?,12?,14-,17?/m1/s1. The Labute approximate surface area is 183 Å². The molecule has 2 aliphatic heterocycles. The molecule has 0 spiro atoms. The number of carbonyl (C=O) groups is 2. The van der Waals surface area contributed by atoms with E-state index in [0.717, 1.165) is 25.8 Å². The summed E-state index contributed by atoms with van der Waals surface area (Å²) in [5.74, 6) is -0.425. The molecule has 0 bridgehead atoms. The van der Waals surface area contributed by atoms with Gasteiger partial charge >= 0.3 is 5.97 Å². The van der Waals surface area contributed by atoms with Gasteiger partial charge in [0.05, 0.1) is 19.3 Å². The molecule has 4 N–H and O–H groups in total. The fraction of sp³-hybridized carbons (Fsp3) is 0.824. The van der Waals surface area contributed by atoms with E-state index >= 15 is 0 Å². The Morgan fingerprint density at radius 2 is 2.27 bits per heavy atom. The van der Waals surface area contributed by atoms with Gasteiger partial charge in [-0.2, -0.15) is 0 Å². The Morgan fingerprint density at radius 3 is 2.97 bits per heavy atom. The third kappa shape index (κ3) is 4.90. The monoisotopic (exact) mass is 460 g/mol. The first kappa shape index (κ1) is 23.3. The van der Waals surface area contributed by atoms with E-state index in [1.165, 1.54) is 28.2 Å². The summed E-state index contributed by atoms with van der Waals surface area (Å²) >= 11 is 2.67. The molecule has 168 valence electrons. The van der Waals surface area contributed by atoms with Crippen molar-refractivity contribution in [1.29, 1.82) is 0 Å². The Hall–Kier alpha value is -1.41. The number of aliphatic hydroxyl groups is 2. The number of amides is 1. The van der Waals surface area contributed by atoms with Crippen LogP contribution in [0.3, 0.4) is 0 Å². The Bertz CT molecular complexity index is 752. The van der Waals surface area contributed by atoms with Crippen molar-refractivity contribution in [3.05, 3.63) is 0 Å². The molecule has 0 saturated carbocycles. The summed E-state index contributed by atoms with van der Waals surface area (Å²) in [6, 6.07) is -0.237. The summed E-state index contributed by atoms with van der Waals surface area (Å²) in [7, 11) is 0. The van der Waals surface area contributed by atoms with Gasteiger partial charge in [0.15, 0.2) is 0 Å². The molecular weight excluding hydrogens is 432 g/mol. The number of carboxylic acids is 1. The first-order valence-corrected chi connectivity index (χ1v) is 12.0. The van der Waals surface area contributed by atoms with Crippen molar-refractivity contribution in [2.24, 2.45) is 5.41 Å². The zero-order chi connectivity index (χ0) is 21.7. The number of nitrogens with zero attached hydrogens (tertiary/aromatic N) is 5. The van der Waals surface area contributed by atoms with Crippen molar-refractivity contribution in [3.8, 4) is 0 Å². The third-order valence-electron chi connectivity index (χ3n) is 5.31. The number of hydrogen-bond donors (Lipinski definition) is 4. The highest BCUT2D eigenvalue weighted by Crippen LogP contribution is 2.44. The predicted molar refractivity (Wildman–Crippen MR) is 111 cm³/mol. The number of carboxylic acid groups (broad SMARTS) is 1. The number of hydrogen-bond acceptors (Lipinski definition) is 10. The summed E-state index contributed by atoms with van der Waals surface area (Å²) in [5.41, 5.74) is -1.11. The lowest BCUT2D eigenvalue weighted by Gasteiger charge is -2.54. The van der Waals surface area contributed by atoms with Crippen molar-refractivity contribution < 1.29 is 24.9 Å². The lowest BCUT2D eigenvalue weighted by Crippen LogP contribution is -2.73. The summed E-state index contributed by atoms with van der Waals surface area (Å²) < 4.78 is 1.34. The maximum atomic E-state index is 12.6. The van der Waals surface area contributed by atoms with Crippen LogP contribution in [-0.4, -0.2) is 101 Å². The molecule has 2 fully saturated rings. The van der Waals surface area contributed by atoms with Gasteiger partial charge in [-0.25, -0.2) is 4.68 Å². The third-order valence-corrected chi connectivity index (χ3v) is 8.15. The average molecular weight is 461 g/mol. The molecular formula is C17H28N6O5S2. The van der Waals surface area contributed by atoms with Gasteiger partial charge in [0.2, 0.25) is 11.1 Å². The number of nitrogens with one attached hydrogen (secondary N) is 1. The predicted octanol–water partition coefficient (Wildman–Crippen LogP) is -0.747. The lowest BCUT2D eigenvalue weighted by molar-refractivity contribution is -0.156. The number of thioether (sulfide) groups is 2. The van der Waals surface area contributed by atoms with Gasteiger partial charge in [-0.15, -0.1) is 16.9 Å². The van der Waals surface area contributed by atoms with Crippen molar-refractivity contribution in [2.75, 3.05) is 31.2 Å². The number of carbonyl (C=O) groups excluding carboxylic acids is 1. The van der Waals surface area contributed by atoms with Gasteiger partial charge in [-0.1, -0.05) is 31.5 Å². The van der Waals surface area contributed by atoms with E-state index in [1.807, 2.05) is 0 Å². The minimum atomic E-state index is -1.11. The number of aromatic nitrogens is 4. The van der Waals surface area contributed by atoms with Crippen molar-refractivity contribution in [1.82, 2.24) is 30.4 Å². The first-order chi connectivity index (χ1) is 14.4. The van der Waals surface area contributed by atoms with Crippen molar-refractivity contribution in [3.63, 3.8) is 0 Å². The summed E-state index contributed by atoms with van der Waals surface area (Å²) in [4.78, 5) is 26.4. The number of rotatable bonds is 12. The SMILES string of the molecule is CCCCCNC1C(=O)N2CC(CSc3nnnn3CC(O)CO)(C(=O)O)CS[C@H]12. The molecule has 0 radical (unpaired) electrons. The number of aliphatic carboxylic acids is 1. The van der Waals surface area contributed by atoms with Gasteiger partial charge in [0.1, 0.15) is 16.8 Å². The molecule has 1 aromatic heterocycles. The highest BCUT2D eigenvalue weighted by molar-refractivity contribution is 8.00. The van der Waals surface area contributed by atoms with Crippen LogP contribution in [0.15, 0.2) is 5.16 Å². The molecule has 13 heteroatoms. The second kappa shape index (κ2) is 10.3. The van der Waals surface area contributed by atoms with Crippen molar-refractivity contribution in [2.45, 2.75) is 55.4 Å². The Kier molecular flexibility index (Phi) is 7.96. The van der Waals surface area contributed by atoms with E-state index < -0.39 is 24.1 Å². The van der Waals surface area contributed by atoms with Crippen LogP contribution in [0.4, 0.5) is 0 Å². The van der Waals surface area contributed by atoms with Crippen LogP contribution in [0.1, 0.15) is 26.2 Å². The smallest absolute Gasteiger partial charge is 0.313 e. The molecule has 4 atom stereocenters. The van der Waals surface area contributed by atoms with Gasteiger partial charge in [0, 0.05) is 18.1 Å². The van der Waals surface area contributed by atoms with E-state index in [9.17, 15) is 19.8 Å². The fourth-order valence-corrected chi connectivity index (χ4v) is 6.24. The van der Waals surface area contributed by atoms with Crippen LogP contribution in [0.5, 0.6) is 0 Å². The Morgan fingerprint density at radius 1 is 1.47 bits per heavy atom. The van der Waals surface area contributed by atoms with Crippen LogP contribution in [0.2, 0.25) is 0 Å². The number of β-lactam (4-membered cyclic amide) rings is 1. The molecule has 3 unspecified atom stereocenters. The van der Waals surface area contributed by atoms with E-state index in [-0.39, 0.29) is 36.2 Å². The number of fused-ring (bicyclic) bond motifs is 1. The minimum absolute atomic E-state index is 0.0126. The normalized spacial score (nSPS) is 26.9. The summed E-state index contributed by atoms with van der Waals surface area (Å²) in [6.45, 7) is 2.66. The van der Waals surface area contributed by atoms with Crippen LogP contribution < -0.4 is 5.32 Å². The maximum absolute atomic E-state index is 12.6. The molecule has 2 aliphatic rings. The number of unbranched alkanes of at least 4 members (excludes halogenated alkanes) is 2. The zero-order valence-corrected chi connectivity index (χ0v) is 18.4. The minimum Gasteiger partial charge on any atom is -0.481 e. The average Bonchev–Trinajstić information content (AvgIpc) is 3.18. The molecule has 0 aromatic carbocycles. The molecule has 3 rings (SSSR count). The van der Waals surface area contributed by atoms with Gasteiger partial charge in [-0.3, -0.25) is 9.59 Å². The van der Waals surface area contributed by atoms with Gasteiger partial charge in [0.25, 0.3) is 0 Å². The quantitative estimate of drug-likeness (QED) is 0.177. The van der Waals surface area contributed by atoms with Crippen LogP contribution in [0, 0.1) is 5.41 Å². The van der Waals surface area contributed by atoms with E-state index in [4.69, 9.17) is 5.11 Å². The maximum Gasteiger partial charge on any atom is 0.313 e. The van der Waals surface area contributed by atoms with Crippen molar-refractivity contribution >= 4 is 35.4 Å². The molecule has 30 heavy (non-hydrogen) atoms. The zero-order valence-electron chi connectivity index (χ0n) is 16.8. The number of aliphatic hydroxyl groups excluding tert-OH is 2. The van der Waals surface area contributed by atoms with Crippen LogP contribution in [0.25, 0.3) is 0 Å². The fourth-order valence-electron chi connectivity index (χ4n) is 3.47. The molecule has 1 aromatic rings. The van der Waals surface area contributed by atoms with Crippen LogP contribution in [-0.2, 0) is 16.1 Å². The molecule has 2 saturated heterocycles. The number of tetrazole rings is 1. The van der Waals surface area contributed by atoms with E-state index in [0.29, 0.717) is 10.9 Å². The summed E-state index contributed by atoms with van der Waals surface area (Å²) in [6.07, 6.45) is 2.25.